The van der Waals surface area contributed by atoms with E-state index in [0.717, 1.165) is 22.7 Å². The number of para-hydroxylation sites is 1. The monoisotopic (exact) mass is 168 g/mol. The predicted molar refractivity (Wildman–Crippen MR) is 53.8 cm³/mol. The predicted octanol–water partition coefficient (Wildman–Crippen LogP) is 2.01. The van der Waals surface area contributed by atoms with E-state index in [1.54, 1.807) is 0 Å². The number of nitrogens with two attached hydrogens (primary N) is 1. The number of rotatable bonds is 0. The van der Waals surface area contributed by atoms with Crippen LogP contribution in [0.3, 0.4) is 0 Å². The molecule has 13 heavy (non-hydrogen) atoms. The van der Waals surface area contributed by atoms with E-state index in [4.69, 9.17) is 5.73 Å². The number of aliphatic imine (C=N–C) groups is 1. The summed E-state index contributed by atoms with van der Waals surface area (Å²) in [6.45, 7) is 0. The molecule has 1 aliphatic carbocycles. The molecule has 0 aromatic heterocycles. The van der Waals surface area contributed by atoms with E-state index in [2.05, 4.69) is 11.1 Å². The molecule has 0 saturated heterocycles. The lowest BCUT2D eigenvalue weighted by Gasteiger charge is -1.96. The summed E-state index contributed by atoms with van der Waals surface area (Å²) in [7, 11) is 0. The normalized spacial score (nSPS) is 17.4. The zero-order valence-corrected chi connectivity index (χ0v) is 6.99. The Labute approximate surface area is 76.1 Å². The average molecular weight is 168 g/mol. The first-order chi connectivity index (χ1) is 6.36. The second-order valence-corrected chi connectivity index (χ2v) is 3.18. The maximum atomic E-state index is 5.78. The van der Waals surface area contributed by atoms with Crippen molar-refractivity contribution < 1.29 is 0 Å². The first kappa shape index (κ1) is 6.66. The van der Waals surface area contributed by atoms with Crippen molar-refractivity contribution in [1.82, 2.24) is 0 Å². The van der Waals surface area contributed by atoms with Gasteiger partial charge in [0, 0.05) is 11.1 Å². The highest BCUT2D eigenvalue weighted by Gasteiger charge is 2.24. The van der Waals surface area contributed by atoms with Crippen molar-refractivity contribution in [3.63, 3.8) is 0 Å². The lowest BCUT2D eigenvalue weighted by atomic mass is 10.1. The van der Waals surface area contributed by atoms with Crippen LogP contribution in [-0.4, -0.2) is 5.71 Å². The van der Waals surface area contributed by atoms with Gasteiger partial charge in [0.05, 0.1) is 17.1 Å². The van der Waals surface area contributed by atoms with Crippen molar-refractivity contribution in [3.8, 4) is 0 Å². The average Bonchev–Trinajstić information content (AvgIpc) is 2.67. The molecule has 1 aromatic carbocycles. The van der Waals surface area contributed by atoms with Crippen molar-refractivity contribution in [2.45, 2.75) is 0 Å². The molecular formula is C11H8N2. The molecule has 62 valence electrons. The fraction of sp³-hybridized carbons (Fsp3) is 0. The molecule has 1 heterocycles. The van der Waals surface area contributed by atoms with E-state index in [-0.39, 0.29) is 0 Å². The van der Waals surface area contributed by atoms with Crippen molar-refractivity contribution in [1.29, 1.82) is 0 Å². The summed E-state index contributed by atoms with van der Waals surface area (Å²) in [4.78, 5) is 4.45. The Morgan fingerprint density at radius 2 is 1.92 bits per heavy atom. The largest absolute Gasteiger partial charge is 0.397 e. The molecule has 0 saturated carbocycles. The van der Waals surface area contributed by atoms with Gasteiger partial charge in [-0.2, -0.15) is 0 Å². The summed E-state index contributed by atoms with van der Waals surface area (Å²) >= 11 is 0. The molecule has 2 aliphatic rings. The number of allylic oxidation sites excluding steroid dienone is 3. The van der Waals surface area contributed by atoms with Crippen LogP contribution in [0.1, 0.15) is 5.56 Å². The van der Waals surface area contributed by atoms with Crippen LogP contribution in [0.25, 0.3) is 5.57 Å². The zero-order valence-electron chi connectivity index (χ0n) is 6.99. The lowest BCUT2D eigenvalue weighted by Crippen LogP contribution is -2.05. The van der Waals surface area contributed by atoms with Gasteiger partial charge >= 0.3 is 0 Å². The van der Waals surface area contributed by atoms with Gasteiger partial charge in [0.25, 0.3) is 0 Å². The molecule has 1 aliphatic heterocycles. The van der Waals surface area contributed by atoms with E-state index in [1.165, 1.54) is 5.56 Å². The Morgan fingerprint density at radius 3 is 2.85 bits per heavy atom. The lowest BCUT2D eigenvalue weighted by molar-refractivity contribution is 1.47. The summed E-state index contributed by atoms with van der Waals surface area (Å²) in [5.41, 5.74) is 10.9. The molecule has 0 amide bonds. The molecule has 0 atom stereocenters. The van der Waals surface area contributed by atoms with Crippen LogP contribution in [0.2, 0.25) is 0 Å². The van der Waals surface area contributed by atoms with Gasteiger partial charge in [-0.25, -0.2) is 4.99 Å². The van der Waals surface area contributed by atoms with Crippen molar-refractivity contribution in [2.24, 2.45) is 10.7 Å². The Hall–Kier alpha value is -1.83. The summed E-state index contributed by atoms with van der Waals surface area (Å²) < 4.78 is 0. The molecule has 0 unspecified atom stereocenters. The quantitative estimate of drug-likeness (QED) is 0.632. The first-order valence-electron chi connectivity index (χ1n) is 4.22. The van der Waals surface area contributed by atoms with Crippen LogP contribution in [0, 0.1) is 0 Å². The van der Waals surface area contributed by atoms with Crippen LogP contribution in [0.4, 0.5) is 5.69 Å². The van der Waals surface area contributed by atoms with E-state index in [0.29, 0.717) is 0 Å². The number of nitrogens with zero attached hydrogens (tertiary/aromatic N) is 1. The summed E-state index contributed by atoms with van der Waals surface area (Å²) in [6, 6.07) is 8.09. The van der Waals surface area contributed by atoms with Crippen LogP contribution < -0.4 is 5.73 Å². The van der Waals surface area contributed by atoms with Gasteiger partial charge in [0.2, 0.25) is 0 Å². The minimum Gasteiger partial charge on any atom is -0.397 e. The number of hydrogen-bond acceptors (Lipinski definition) is 2. The maximum Gasteiger partial charge on any atom is 0.0945 e. The molecular weight excluding hydrogens is 160 g/mol. The second-order valence-electron chi connectivity index (χ2n) is 3.18. The molecule has 1 aromatic rings. The molecule has 3 rings (SSSR count). The Morgan fingerprint density at radius 1 is 1.08 bits per heavy atom. The third-order valence-electron chi connectivity index (χ3n) is 2.38. The molecule has 0 radical (unpaired) electrons. The van der Waals surface area contributed by atoms with Gasteiger partial charge in [-0.1, -0.05) is 18.2 Å². The van der Waals surface area contributed by atoms with Crippen LogP contribution in [0.15, 0.2) is 47.1 Å². The van der Waals surface area contributed by atoms with Crippen LogP contribution in [-0.2, 0) is 0 Å². The fourth-order valence-electron chi connectivity index (χ4n) is 1.75. The van der Waals surface area contributed by atoms with Crippen molar-refractivity contribution in [3.05, 3.63) is 47.7 Å². The number of fused-ring (bicyclic) bond motifs is 3. The van der Waals surface area contributed by atoms with E-state index < -0.39 is 0 Å². The molecule has 0 spiro atoms. The topological polar surface area (TPSA) is 38.4 Å². The van der Waals surface area contributed by atoms with Crippen molar-refractivity contribution >= 4 is 17.0 Å². The molecule has 2 N–H and O–H groups in total. The summed E-state index contributed by atoms with van der Waals surface area (Å²) in [5, 5.41) is 0. The maximum absolute atomic E-state index is 5.78. The van der Waals surface area contributed by atoms with Gasteiger partial charge < -0.3 is 5.73 Å². The molecule has 0 fully saturated rings. The highest BCUT2D eigenvalue weighted by Crippen LogP contribution is 2.38. The standard InChI is InChI=1S/C11H8N2/c12-9-6-5-8-7-3-1-2-4-10(7)13-11(8)9/h1-6H,12H2. The minimum absolute atomic E-state index is 0.770. The van der Waals surface area contributed by atoms with Gasteiger partial charge in [-0.3, -0.25) is 0 Å². The SMILES string of the molecule is NC1=CC=C2C1=Nc1ccccc12. The minimum atomic E-state index is 0.770. The Kier molecular flexibility index (Phi) is 1.08. The van der Waals surface area contributed by atoms with E-state index in [9.17, 15) is 0 Å². The second kappa shape index (κ2) is 2.10. The van der Waals surface area contributed by atoms with Gasteiger partial charge in [-0.15, -0.1) is 0 Å². The Balaban J connectivity index is 2.27. The Bertz CT molecular complexity index is 479. The third-order valence-corrected chi connectivity index (χ3v) is 2.38. The van der Waals surface area contributed by atoms with Crippen molar-refractivity contribution in [2.75, 3.05) is 0 Å². The number of hydrogen-bond donors (Lipinski definition) is 1. The fourth-order valence-corrected chi connectivity index (χ4v) is 1.75. The summed E-state index contributed by atoms with van der Waals surface area (Å²) in [6.07, 6.45) is 3.93. The van der Waals surface area contributed by atoms with Gasteiger partial charge in [-0.05, 0) is 18.2 Å². The van der Waals surface area contributed by atoms with Gasteiger partial charge in [0.15, 0.2) is 0 Å². The highest BCUT2D eigenvalue weighted by atomic mass is 14.8. The molecule has 0 bridgehead atoms. The highest BCUT2D eigenvalue weighted by molar-refractivity contribution is 6.37. The first-order valence-corrected chi connectivity index (χ1v) is 4.22. The van der Waals surface area contributed by atoms with Crippen LogP contribution in [0.5, 0.6) is 0 Å². The van der Waals surface area contributed by atoms with Crippen LogP contribution >= 0.6 is 0 Å². The number of benzene rings is 1. The molecule has 2 nitrogen and oxygen atoms in total. The molecule has 2 heteroatoms. The summed E-state index contributed by atoms with van der Waals surface area (Å²) in [5.74, 6) is 0. The third kappa shape index (κ3) is 0.746. The zero-order chi connectivity index (χ0) is 8.84. The van der Waals surface area contributed by atoms with E-state index in [1.807, 2.05) is 30.4 Å². The van der Waals surface area contributed by atoms with E-state index >= 15 is 0 Å². The smallest absolute Gasteiger partial charge is 0.0945 e. The van der Waals surface area contributed by atoms with Gasteiger partial charge in [0.1, 0.15) is 0 Å².